The fraction of sp³-hybridized carbons (Fsp3) is 0.333. The monoisotopic (exact) mass is 341 g/mol. The maximum absolute atomic E-state index is 6.19. The molecule has 0 bridgehead atoms. The summed E-state index contributed by atoms with van der Waals surface area (Å²) in [7, 11) is 0. The number of fused-ring (bicyclic) bond motifs is 2. The van der Waals surface area contributed by atoms with E-state index in [1.54, 1.807) is 17.7 Å². The largest absolute Gasteiger partial charge is 0.485 e. The lowest BCUT2D eigenvalue weighted by Crippen LogP contribution is -2.25. The summed E-state index contributed by atoms with van der Waals surface area (Å²) in [5.74, 6) is 2.56. The summed E-state index contributed by atoms with van der Waals surface area (Å²) >= 11 is 1.63. The minimum Gasteiger partial charge on any atom is -0.485 e. The summed E-state index contributed by atoms with van der Waals surface area (Å²) < 4.78 is 12.1. The zero-order valence-electron chi connectivity index (χ0n) is 13.7. The Balaban J connectivity index is 1.78. The summed E-state index contributed by atoms with van der Waals surface area (Å²) in [6, 6.07) is 7.79. The molecule has 124 valence electrons. The molecule has 24 heavy (non-hydrogen) atoms. The highest BCUT2D eigenvalue weighted by Crippen LogP contribution is 2.41. The van der Waals surface area contributed by atoms with Crippen molar-refractivity contribution in [1.29, 1.82) is 0 Å². The van der Waals surface area contributed by atoms with Gasteiger partial charge in [0.1, 0.15) is 23.6 Å². The molecule has 1 aromatic carbocycles. The molecule has 0 aliphatic carbocycles. The zero-order valence-corrected chi connectivity index (χ0v) is 14.5. The topological polar surface area (TPSA) is 47.5 Å². The van der Waals surface area contributed by atoms with Gasteiger partial charge in [-0.2, -0.15) is 0 Å². The SMILES string of the molecule is CCN(CC)c1ncnc2scc([C@H]3COc4ccccc4O3)c12. The second-order valence-corrected chi connectivity index (χ2v) is 6.46. The molecule has 2 aromatic heterocycles. The molecule has 1 atom stereocenters. The van der Waals surface area contributed by atoms with E-state index in [1.807, 2.05) is 24.3 Å². The molecule has 1 aliphatic heterocycles. The third kappa shape index (κ3) is 2.47. The number of hydrogen-bond acceptors (Lipinski definition) is 6. The van der Waals surface area contributed by atoms with Crippen LogP contribution in [0, 0.1) is 0 Å². The third-order valence-electron chi connectivity index (χ3n) is 4.30. The molecule has 5 nitrogen and oxygen atoms in total. The van der Waals surface area contributed by atoms with Crippen LogP contribution < -0.4 is 14.4 Å². The molecule has 0 saturated heterocycles. The van der Waals surface area contributed by atoms with Crippen molar-refractivity contribution in [3.63, 3.8) is 0 Å². The summed E-state index contributed by atoms with van der Waals surface area (Å²) in [4.78, 5) is 12.2. The lowest BCUT2D eigenvalue weighted by molar-refractivity contribution is 0.0925. The number of rotatable bonds is 4. The first kappa shape index (κ1) is 15.2. The highest BCUT2D eigenvalue weighted by atomic mass is 32.1. The van der Waals surface area contributed by atoms with Crippen molar-refractivity contribution in [2.45, 2.75) is 20.0 Å². The molecule has 0 fully saturated rings. The Labute approximate surface area is 144 Å². The van der Waals surface area contributed by atoms with Crippen molar-refractivity contribution in [3.8, 4) is 11.5 Å². The van der Waals surface area contributed by atoms with E-state index in [2.05, 4.69) is 34.1 Å². The van der Waals surface area contributed by atoms with Crippen LogP contribution in [0.15, 0.2) is 36.0 Å². The Hall–Kier alpha value is -2.34. The van der Waals surface area contributed by atoms with Gasteiger partial charge in [0.15, 0.2) is 17.6 Å². The van der Waals surface area contributed by atoms with Gasteiger partial charge in [0.05, 0.1) is 5.39 Å². The molecule has 0 saturated carbocycles. The number of anilines is 1. The maximum atomic E-state index is 6.19. The van der Waals surface area contributed by atoms with E-state index < -0.39 is 0 Å². The number of benzene rings is 1. The van der Waals surface area contributed by atoms with Gasteiger partial charge in [0.2, 0.25) is 0 Å². The fourth-order valence-corrected chi connectivity index (χ4v) is 4.00. The predicted molar refractivity (Wildman–Crippen MR) is 96.3 cm³/mol. The van der Waals surface area contributed by atoms with Gasteiger partial charge in [-0.3, -0.25) is 0 Å². The Morgan fingerprint density at radius 2 is 1.96 bits per heavy atom. The number of thiophene rings is 1. The quantitative estimate of drug-likeness (QED) is 0.716. The molecule has 0 unspecified atom stereocenters. The van der Waals surface area contributed by atoms with Crippen molar-refractivity contribution in [3.05, 3.63) is 41.5 Å². The molecular formula is C18H19N3O2S. The van der Waals surface area contributed by atoms with Crippen LogP contribution in [0.2, 0.25) is 0 Å². The molecule has 3 heterocycles. The van der Waals surface area contributed by atoms with Gasteiger partial charge < -0.3 is 14.4 Å². The zero-order chi connectivity index (χ0) is 16.5. The number of ether oxygens (including phenoxy) is 2. The molecule has 0 radical (unpaired) electrons. The summed E-state index contributed by atoms with van der Waals surface area (Å²) in [6.45, 7) is 6.58. The van der Waals surface area contributed by atoms with Crippen molar-refractivity contribution in [2.75, 3.05) is 24.6 Å². The standard InChI is InChI=1S/C18H19N3O2S/c1-3-21(4-2)17-16-12(10-24-18(16)20-11-19-17)15-9-22-13-7-5-6-8-14(13)23-15/h5-8,10-11,15H,3-4,9H2,1-2H3/t15-/m1/s1. The first-order valence-corrected chi connectivity index (χ1v) is 9.05. The van der Waals surface area contributed by atoms with Gasteiger partial charge in [-0.1, -0.05) is 12.1 Å². The number of hydrogen-bond donors (Lipinski definition) is 0. The van der Waals surface area contributed by atoms with Crippen LogP contribution in [0.3, 0.4) is 0 Å². The molecule has 0 amide bonds. The number of para-hydroxylation sites is 2. The van der Waals surface area contributed by atoms with Gasteiger partial charge in [0, 0.05) is 24.0 Å². The van der Waals surface area contributed by atoms with Crippen LogP contribution in [-0.4, -0.2) is 29.7 Å². The van der Waals surface area contributed by atoms with E-state index in [-0.39, 0.29) is 6.10 Å². The van der Waals surface area contributed by atoms with E-state index in [0.29, 0.717) is 6.61 Å². The average Bonchev–Trinajstić information content (AvgIpc) is 3.07. The molecule has 6 heteroatoms. The Morgan fingerprint density at radius 1 is 1.17 bits per heavy atom. The molecule has 3 aromatic rings. The number of nitrogens with zero attached hydrogens (tertiary/aromatic N) is 3. The van der Waals surface area contributed by atoms with E-state index in [1.165, 1.54) is 0 Å². The van der Waals surface area contributed by atoms with Crippen molar-refractivity contribution in [1.82, 2.24) is 9.97 Å². The first-order valence-electron chi connectivity index (χ1n) is 8.17. The minimum atomic E-state index is -0.144. The Kier molecular flexibility index (Phi) is 3.98. The van der Waals surface area contributed by atoms with Gasteiger partial charge in [0.25, 0.3) is 0 Å². The Morgan fingerprint density at radius 3 is 2.75 bits per heavy atom. The van der Waals surface area contributed by atoms with E-state index in [0.717, 1.165) is 46.2 Å². The van der Waals surface area contributed by atoms with Crippen molar-refractivity contribution < 1.29 is 9.47 Å². The summed E-state index contributed by atoms with van der Waals surface area (Å²) in [5.41, 5.74) is 1.10. The fourth-order valence-electron chi connectivity index (χ4n) is 3.05. The molecular weight excluding hydrogens is 322 g/mol. The Bertz CT molecular complexity index is 860. The van der Waals surface area contributed by atoms with E-state index in [9.17, 15) is 0 Å². The van der Waals surface area contributed by atoms with Crippen LogP contribution >= 0.6 is 11.3 Å². The molecule has 0 N–H and O–H groups in total. The lowest BCUT2D eigenvalue weighted by Gasteiger charge is -2.27. The molecule has 1 aliphatic rings. The van der Waals surface area contributed by atoms with Gasteiger partial charge in [-0.05, 0) is 26.0 Å². The van der Waals surface area contributed by atoms with Gasteiger partial charge >= 0.3 is 0 Å². The van der Waals surface area contributed by atoms with E-state index in [4.69, 9.17) is 9.47 Å². The molecule has 0 spiro atoms. The van der Waals surface area contributed by atoms with Crippen LogP contribution in [0.5, 0.6) is 11.5 Å². The average molecular weight is 341 g/mol. The van der Waals surface area contributed by atoms with Crippen molar-refractivity contribution in [2.24, 2.45) is 0 Å². The predicted octanol–water partition coefficient (Wildman–Crippen LogP) is 4.05. The van der Waals surface area contributed by atoms with Crippen LogP contribution in [0.4, 0.5) is 5.82 Å². The number of aromatic nitrogens is 2. The third-order valence-corrected chi connectivity index (χ3v) is 5.20. The summed E-state index contributed by atoms with van der Waals surface area (Å²) in [6.07, 6.45) is 1.50. The minimum absolute atomic E-state index is 0.144. The van der Waals surface area contributed by atoms with Crippen LogP contribution in [0.25, 0.3) is 10.2 Å². The van der Waals surface area contributed by atoms with Gasteiger partial charge in [-0.25, -0.2) is 9.97 Å². The van der Waals surface area contributed by atoms with Crippen molar-refractivity contribution >= 4 is 27.4 Å². The highest BCUT2D eigenvalue weighted by Gasteiger charge is 2.27. The maximum Gasteiger partial charge on any atom is 0.162 e. The second-order valence-electron chi connectivity index (χ2n) is 5.60. The van der Waals surface area contributed by atoms with Crippen LogP contribution in [0.1, 0.15) is 25.5 Å². The van der Waals surface area contributed by atoms with E-state index >= 15 is 0 Å². The van der Waals surface area contributed by atoms with Crippen LogP contribution in [-0.2, 0) is 0 Å². The second kappa shape index (κ2) is 6.28. The summed E-state index contributed by atoms with van der Waals surface area (Å²) in [5, 5.41) is 3.20. The molecule has 4 rings (SSSR count). The lowest BCUT2D eigenvalue weighted by atomic mass is 10.1. The normalized spacial score (nSPS) is 16.3. The first-order chi connectivity index (χ1) is 11.8. The van der Waals surface area contributed by atoms with Gasteiger partial charge in [-0.15, -0.1) is 11.3 Å². The smallest absolute Gasteiger partial charge is 0.162 e. The highest BCUT2D eigenvalue weighted by molar-refractivity contribution is 7.17.